The van der Waals surface area contributed by atoms with Gasteiger partial charge in [0, 0.05) is 5.39 Å². The smallest absolute Gasteiger partial charge is 0.335 e. The molecule has 1 unspecified atom stereocenters. The van der Waals surface area contributed by atoms with Crippen LogP contribution in [-0.2, 0) is 4.79 Å². The third-order valence-corrected chi connectivity index (χ3v) is 6.48. The molecule has 1 atom stereocenters. The molecular weight excluding hydrogens is 490 g/mol. The van der Waals surface area contributed by atoms with E-state index in [0.29, 0.717) is 33.3 Å². The van der Waals surface area contributed by atoms with Crippen LogP contribution in [0.3, 0.4) is 0 Å². The van der Waals surface area contributed by atoms with Gasteiger partial charge in [0.05, 0.1) is 35.3 Å². The monoisotopic (exact) mass is 509 g/mol. The number of carbonyl (C=O) groups is 3. The second kappa shape index (κ2) is 8.63. The maximum atomic E-state index is 13.7. The summed E-state index contributed by atoms with van der Waals surface area (Å²) in [5.74, 6) is -2.78. The van der Waals surface area contributed by atoms with Gasteiger partial charge in [-0.25, -0.2) is 9.78 Å². The number of rotatable bonds is 6. The Morgan fingerprint density at radius 1 is 1.05 bits per heavy atom. The second-order valence-electron chi connectivity index (χ2n) is 8.69. The van der Waals surface area contributed by atoms with Crippen LogP contribution in [0, 0.1) is 0 Å². The standard InChI is InChI=1S/C28H19N3O7/c1-37-17-9-6-14(7-10-17)23-22(24(32)21-13-15-4-2-3-5-20(15)38-21)25(33)26(34)31(23)28-29-18-11-8-16(27(35)36)12-19(18)30-28/h2-13,23,33H,1H3,(H,29,30)(H,35,36). The maximum Gasteiger partial charge on any atom is 0.335 e. The number of methoxy groups -OCH3 is 1. The summed E-state index contributed by atoms with van der Waals surface area (Å²) in [6.07, 6.45) is 0. The number of imidazole rings is 1. The molecule has 3 heterocycles. The van der Waals surface area contributed by atoms with Gasteiger partial charge in [-0.05, 0) is 48.0 Å². The number of nitrogens with zero attached hydrogens (tertiary/aromatic N) is 2. The summed E-state index contributed by atoms with van der Waals surface area (Å²) >= 11 is 0. The normalized spacial score (nSPS) is 15.6. The molecule has 3 N–H and O–H groups in total. The number of amides is 1. The highest BCUT2D eigenvalue weighted by molar-refractivity contribution is 6.20. The van der Waals surface area contributed by atoms with Crippen LogP contribution >= 0.6 is 0 Å². The van der Waals surface area contributed by atoms with E-state index < -0.39 is 29.5 Å². The number of para-hydroxylation sites is 1. The Hall–Kier alpha value is -5.38. The van der Waals surface area contributed by atoms with E-state index in [1.807, 2.05) is 0 Å². The number of carbonyl (C=O) groups excluding carboxylic acids is 2. The zero-order valence-corrected chi connectivity index (χ0v) is 19.8. The molecular formula is C28H19N3O7. The molecule has 1 aliphatic heterocycles. The van der Waals surface area contributed by atoms with Crippen molar-refractivity contribution in [3.63, 3.8) is 0 Å². The van der Waals surface area contributed by atoms with Crippen LogP contribution < -0.4 is 9.64 Å². The molecule has 2 aromatic heterocycles. The Morgan fingerprint density at radius 2 is 1.82 bits per heavy atom. The lowest BCUT2D eigenvalue weighted by atomic mass is 9.95. The van der Waals surface area contributed by atoms with Gasteiger partial charge in [0.2, 0.25) is 11.7 Å². The number of benzene rings is 3. The van der Waals surface area contributed by atoms with Gasteiger partial charge in [0.15, 0.2) is 11.5 Å². The van der Waals surface area contributed by atoms with E-state index in [1.54, 1.807) is 54.6 Å². The zero-order valence-electron chi connectivity index (χ0n) is 19.8. The van der Waals surface area contributed by atoms with Gasteiger partial charge in [-0.2, -0.15) is 0 Å². The molecule has 0 radical (unpaired) electrons. The Bertz CT molecular complexity index is 1760. The maximum absolute atomic E-state index is 13.7. The number of ketones is 1. The van der Waals surface area contributed by atoms with Crippen molar-refractivity contribution in [1.29, 1.82) is 0 Å². The zero-order chi connectivity index (χ0) is 26.6. The van der Waals surface area contributed by atoms with Crippen molar-refractivity contribution in [2.45, 2.75) is 6.04 Å². The van der Waals surface area contributed by atoms with Gasteiger partial charge >= 0.3 is 5.97 Å². The average molecular weight is 509 g/mol. The number of aromatic carboxylic acids is 1. The van der Waals surface area contributed by atoms with Gasteiger partial charge in [-0.1, -0.05) is 30.3 Å². The molecule has 0 fully saturated rings. The first-order chi connectivity index (χ1) is 18.4. The molecule has 188 valence electrons. The first-order valence-electron chi connectivity index (χ1n) is 11.5. The van der Waals surface area contributed by atoms with Crippen molar-refractivity contribution in [3.05, 3.63) is 101 Å². The quantitative estimate of drug-likeness (QED) is 0.277. The lowest BCUT2D eigenvalue weighted by Crippen LogP contribution is -2.32. The third kappa shape index (κ3) is 3.58. The number of aliphatic hydroxyl groups excluding tert-OH is 1. The molecule has 0 saturated heterocycles. The molecule has 3 aromatic carbocycles. The summed E-state index contributed by atoms with van der Waals surface area (Å²) in [7, 11) is 1.52. The Kier molecular flexibility index (Phi) is 5.23. The fraction of sp³-hybridized carbons (Fsp3) is 0.0714. The lowest BCUT2D eigenvalue weighted by molar-refractivity contribution is -0.117. The predicted octanol–water partition coefficient (Wildman–Crippen LogP) is 4.80. The summed E-state index contributed by atoms with van der Waals surface area (Å²) in [4.78, 5) is 47.2. The number of aromatic amines is 1. The Balaban J connectivity index is 1.50. The van der Waals surface area contributed by atoms with E-state index in [2.05, 4.69) is 9.97 Å². The molecule has 6 rings (SSSR count). The summed E-state index contributed by atoms with van der Waals surface area (Å²) in [6.45, 7) is 0. The number of hydrogen-bond donors (Lipinski definition) is 3. The summed E-state index contributed by atoms with van der Waals surface area (Å²) in [5.41, 5.74) is 1.64. The van der Waals surface area contributed by atoms with E-state index in [0.717, 1.165) is 0 Å². The number of carboxylic acids is 1. The van der Waals surface area contributed by atoms with Crippen LogP contribution in [0.25, 0.3) is 22.0 Å². The van der Waals surface area contributed by atoms with Crippen LogP contribution in [0.2, 0.25) is 0 Å². The Labute approximate surface area is 214 Å². The van der Waals surface area contributed by atoms with Gasteiger partial charge in [-0.15, -0.1) is 0 Å². The first-order valence-corrected chi connectivity index (χ1v) is 11.5. The molecule has 10 nitrogen and oxygen atoms in total. The highest BCUT2D eigenvalue weighted by atomic mass is 16.5. The van der Waals surface area contributed by atoms with Crippen molar-refractivity contribution >= 4 is 45.6 Å². The minimum absolute atomic E-state index is 0.0309. The van der Waals surface area contributed by atoms with E-state index in [-0.39, 0.29) is 22.8 Å². The molecule has 0 aliphatic carbocycles. The number of carboxylic acid groups (broad SMARTS) is 1. The van der Waals surface area contributed by atoms with E-state index in [9.17, 15) is 24.6 Å². The molecule has 0 saturated carbocycles. The number of hydrogen-bond acceptors (Lipinski definition) is 7. The molecule has 0 spiro atoms. The van der Waals surface area contributed by atoms with Crippen LogP contribution in [0.1, 0.15) is 32.5 Å². The van der Waals surface area contributed by atoms with Gasteiger partial charge < -0.3 is 24.4 Å². The minimum Gasteiger partial charge on any atom is -0.503 e. The number of aromatic nitrogens is 2. The number of nitrogens with one attached hydrogen (secondary N) is 1. The summed E-state index contributed by atoms with van der Waals surface area (Å²) in [6, 6.07) is 18.6. The Morgan fingerprint density at radius 3 is 2.53 bits per heavy atom. The highest BCUT2D eigenvalue weighted by Gasteiger charge is 2.46. The lowest BCUT2D eigenvalue weighted by Gasteiger charge is -2.24. The van der Waals surface area contributed by atoms with Gasteiger partial charge in [-0.3, -0.25) is 14.5 Å². The molecule has 5 aromatic rings. The van der Waals surface area contributed by atoms with Crippen LogP contribution in [0.5, 0.6) is 5.75 Å². The van der Waals surface area contributed by atoms with Gasteiger partial charge in [0.1, 0.15) is 11.3 Å². The number of H-pyrrole nitrogens is 1. The molecule has 0 bridgehead atoms. The largest absolute Gasteiger partial charge is 0.503 e. The molecule has 38 heavy (non-hydrogen) atoms. The SMILES string of the molecule is COc1ccc(C2C(C(=O)c3cc4ccccc4o3)=C(O)C(=O)N2c2nc3ccc(C(=O)O)cc3[nH]2)cc1. The molecule has 10 heteroatoms. The van der Waals surface area contributed by atoms with E-state index in [4.69, 9.17) is 9.15 Å². The number of Topliss-reactive ketones (excluding diaryl/α,β-unsaturated/α-hetero) is 1. The summed E-state index contributed by atoms with van der Waals surface area (Å²) < 4.78 is 11.0. The fourth-order valence-electron chi connectivity index (χ4n) is 4.63. The minimum atomic E-state index is -1.12. The number of ether oxygens (including phenoxy) is 1. The van der Waals surface area contributed by atoms with E-state index in [1.165, 1.54) is 30.2 Å². The van der Waals surface area contributed by atoms with Crippen molar-refractivity contribution in [1.82, 2.24) is 9.97 Å². The predicted molar refractivity (Wildman–Crippen MR) is 136 cm³/mol. The first kappa shape index (κ1) is 23.0. The van der Waals surface area contributed by atoms with Crippen LogP contribution in [0.4, 0.5) is 5.95 Å². The highest BCUT2D eigenvalue weighted by Crippen LogP contribution is 2.42. The van der Waals surface area contributed by atoms with Crippen molar-refractivity contribution in [3.8, 4) is 5.75 Å². The number of aliphatic hydroxyl groups is 1. The topological polar surface area (TPSA) is 146 Å². The molecule has 1 amide bonds. The molecule has 1 aliphatic rings. The summed E-state index contributed by atoms with van der Waals surface area (Å²) in [5, 5.41) is 21.0. The van der Waals surface area contributed by atoms with Crippen LogP contribution in [0.15, 0.2) is 88.5 Å². The number of anilines is 1. The van der Waals surface area contributed by atoms with Crippen LogP contribution in [-0.4, -0.2) is 45.0 Å². The number of fused-ring (bicyclic) bond motifs is 2. The van der Waals surface area contributed by atoms with Crippen molar-refractivity contribution in [2.24, 2.45) is 0 Å². The van der Waals surface area contributed by atoms with Crippen molar-refractivity contribution in [2.75, 3.05) is 12.0 Å². The fourth-order valence-corrected chi connectivity index (χ4v) is 4.63. The second-order valence-corrected chi connectivity index (χ2v) is 8.69. The van der Waals surface area contributed by atoms with Gasteiger partial charge in [0.25, 0.3) is 5.91 Å². The average Bonchev–Trinajstić information content (AvgIpc) is 3.62. The van der Waals surface area contributed by atoms with E-state index >= 15 is 0 Å². The number of furan rings is 1. The van der Waals surface area contributed by atoms with Crippen molar-refractivity contribution < 1.29 is 33.8 Å². The third-order valence-electron chi connectivity index (χ3n) is 6.48.